The summed E-state index contributed by atoms with van der Waals surface area (Å²) in [5, 5.41) is 13.5. The molecule has 0 spiro atoms. The third kappa shape index (κ3) is 6.14. The average molecular weight is 533 g/mol. The highest BCUT2D eigenvalue weighted by atomic mass is 19.4. The fraction of sp³-hybridized carbons (Fsp3) is 0.333. The molecule has 0 aliphatic carbocycles. The number of fused-ring (bicyclic) bond motifs is 1. The number of alkyl halides is 3. The molecule has 1 atom stereocenters. The first kappa shape index (κ1) is 26.7. The highest BCUT2D eigenvalue weighted by Crippen LogP contribution is 2.25. The summed E-state index contributed by atoms with van der Waals surface area (Å²) >= 11 is 0. The molecule has 0 radical (unpaired) electrons. The second kappa shape index (κ2) is 11.0. The number of imide groups is 1. The number of nitrogens with one attached hydrogen (secondary N) is 2. The first-order valence-corrected chi connectivity index (χ1v) is 11.5. The number of oxazole rings is 1. The predicted molar refractivity (Wildman–Crippen MR) is 125 cm³/mol. The second-order valence-electron chi connectivity index (χ2n) is 8.64. The van der Waals surface area contributed by atoms with Gasteiger partial charge in [0, 0.05) is 24.5 Å². The zero-order valence-corrected chi connectivity index (χ0v) is 19.7. The molecule has 11 nitrogen and oxygen atoms in total. The first-order valence-electron chi connectivity index (χ1n) is 11.5. The van der Waals surface area contributed by atoms with E-state index in [0.717, 1.165) is 10.9 Å². The number of pyridine rings is 1. The average Bonchev–Trinajstić information content (AvgIpc) is 3.50. The van der Waals surface area contributed by atoms with Gasteiger partial charge in [-0.25, -0.2) is 14.8 Å². The number of para-hydroxylation sites is 1. The zero-order chi connectivity index (χ0) is 27.4. The molecule has 5 rings (SSSR count). The van der Waals surface area contributed by atoms with Crippen molar-refractivity contribution in [3.05, 3.63) is 48.5 Å². The fourth-order valence-corrected chi connectivity index (χ4v) is 4.23. The van der Waals surface area contributed by atoms with Crippen LogP contribution in [0.5, 0.6) is 0 Å². The number of piperidine rings is 1. The minimum atomic E-state index is -5.08. The summed E-state index contributed by atoms with van der Waals surface area (Å²) in [4.78, 5) is 55.8. The van der Waals surface area contributed by atoms with E-state index >= 15 is 0 Å². The van der Waals surface area contributed by atoms with Gasteiger partial charge in [0.2, 0.25) is 11.8 Å². The molecular weight excluding hydrogens is 511 g/mol. The summed E-state index contributed by atoms with van der Waals surface area (Å²) in [6, 6.07) is 11.0. The monoisotopic (exact) mass is 533 g/mol. The van der Waals surface area contributed by atoms with Crippen molar-refractivity contribution in [1.82, 2.24) is 25.5 Å². The van der Waals surface area contributed by atoms with Crippen LogP contribution in [0, 0.1) is 0 Å². The van der Waals surface area contributed by atoms with Crippen LogP contribution in [0.2, 0.25) is 0 Å². The fourth-order valence-electron chi connectivity index (χ4n) is 4.23. The smallest absolute Gasteiger partial charge is 0.475 e. The number of likely N-dealkylation sites (tertiary alicyclic amines) is 1. The lowest BCUT2D eigenvalue weighted by Crippen LogP contribution is -2.50. The lowest BCUT2D eigenvalue weighted by atomic mass is 10.0. The molecule has 200 valence electrons. The van der Waals surface area contributed by atoms with Gasteiger partial charge >= 0.3 is 12.1 Å². The maximum atomic E-state index is 12.9. The summed E-state index contributed by atoms with van der Waals surface area (Å²) in [6.45, 7) is 1.27. The van der Waals surface area contributed by atoms with Crippen LogP contribution in [0.4, 0.5) is 13.2 Å². The third-order valence-corrected chi connectivity index (χ3v) is 6.11. The number of halogens is 3. The highest BCUT2D eigenvalue weighted by Gasteiger charge is 2.38. The second-order valence-corrected chi connectivity index (χ2v) is 8.64. The van der Waals surface area contributed by atoms with E-state index in [4.69, 9.17) is 14.3 Å². The van der Waals surface area contributed by atoms with Crippen molar-refractivity contribution < 1.29 is 41.9 Å². The number of carboxylic acids is 1. The molecular formula is C24H22F3N5O6. The number of aromatic nitrogens is 2. The molecule has 1 unspecified atom stereocenters. The Labute approximate surface area is 213 Å². The molecule has 0 saturated carbocycles. The molecule has 4 heterocycles. The van der Waals surface area contributed by atoms with Crippen LogP contribution in [0.25, 0.3) is 22.4 Å². The van der Waals surface area contributed by atoms with Crippen LogP contribution in [-0.2, 0) is 14.4 Å². The van der Waals surface area contributed by atoms with E-state index in [1.165, 1.54) is 6.39 Å². The van der Waals surface area contributed by atoms with Gasteiger partial charge in [-0.15, -0.1) is 0 Å². The van der Waals surface area contributed by atoms with Gasteiger partial charge in [-0.1, -0.05) is 24.3 Å². The van der Waals surface area contributed by atoms with Gasteiger partial charge in [0.1, 0.15) is 5.69 Å². The van der Waals surface area contributed by atoms with E-state index < -0.39 is 18.2 Å². The number of benzene rings is 1. The Hall–Kier alpha value is -4.33. The number of carbonyl (C=O) groups excluding carboxylic acids is 3. The summed E-state index contributed by atoms with van der Waals surface area (Å²) < 4.78 is 37.2. The molecule has 2 fully saturated rings. The lowest BCUT2D eigenvalue weighted by molar-refractivity contribution is -0.192. The van der Waals surface area contributed by atoms with Crippen LogP contribution in [0.3, 0.4) is 0 Å². The number of hydrogen-bond donors (Lipinski definition) is 3. The highest BCUT2D eigenvalue weighted by molar-refractivity contribution is 6.05. The van der Waals surface area contributed by atoms with Crippen molar-refractivity contribution in [2.24, 2.45) is 0 Å². The number of aliphatic carboxylic acids is 1. The normalized spacial score (nSPS) is 18.6. The maximum Gasteiger partial charge on any atom is 0.490 e. The molecule has 2 aliphatic rings. The van der Waals surface area contributed by atoms with E-state index in [2.05, 4.69) is 20.6 Å². The molecule has 2 aliphatic heterocycles. The van der Waals surface area contributed by atoms with Crippen molar-refractivity contribution in [1.29, 1.82) is 0 Å². The summed E-state index contributed by atoms with van der Waals surface area (Å²) in [5.74, 6) is -3.20. The molecule has 14 heteroatoms. The van der Waals surface area contributed by atoms with Crippen LogP contribution in [-0.4, -0.2) is 75.0 Å². The van der Waals surface area contributed by atoms with Crippen LogP contribution in [0.15, 0.2) is 47.2 Å². The molecule has 2 aromatic heterocycles. The third-order valence-electron chi connectivity index (χ3n) is 6.11. The Morgan fingerprint density at radius 3 is 2.42 bits per heavy atom. The van der Waals surface area contributed by atoms with E-state index in [1.54, 1.807) is 0 Å². The molecule has 3 N–H and O–H groups in total. The number of carbonyl (C=O) groups is 4. The van der Waals surface area contributed by atoms with E-state index in [1.807, 2.05) is 41.3 Å². The molecule has 1 aromatic carbocycles. The van der Waals surface area contributed by atoms with E-state index in [9.17, 15) is 27.6 Å². The van der Waals surface area contributed by atoms with Gasteiger partial charge in [-0.3, -0.25) is 24.6 Å². The van der Waals surface area contributed by atoms with E-state index in [-0.39, 0.29) is 35.9 Å². The number of carboxylic acid groups (broad SMARTS) is 1. The van der Waals surface area contributed by atoms with Crippen molar-refractivity contribution in [2.45, 2.75) is 37.5 Å². The van der Waals surface area contributed by atoms with Gasteiger partial charge < -0.3 is 14.8 Å². The van der Waals surface area contributed by atoms with Crippen LogP contribution < -0.4 is 10.6 Å². The van der Waals surface area contributed by atoms with Crippen molar-refractivity contribution in [2.75, 3.05) is 13.1 Å². The zero-order valence-electron chi connectivity index (χ0n) is 19.7. The van der Waals surface area contributed by atoms with Crippen molar-refractivity contribution >= 4 is 34.6 Å². The van der Waals surface area contributed by atoms with Gasteiger partial charge in [-0.2, -0.15) is 13.2 Å². The standard InChI is InChI=1S/C22H21N5O4.C2HF3O2/c28-18-11-17(21(29)26-18)27-9-7-14(8-10-27)24-22(30)19-20(31-12-23-19)16-6-5-13-3-1-2-4-15(13)25-16;3-2(4,5)1(6)7/h1-6,12,14,17H,7-11H2,(H,24,30)(H,26,28,29);(H,6,7). The molecule has 38 heavy (non-hydrogen) atoms. The number of rotatable bonds is 4. The molecule has 3 aromatic rings. The maximum absolute atomic E-state index is 12.9. The first-order chi connectivity index (χ1) is 18.0. The van der Waals surface area contributed by atoms with Gasteiger partial charge in [0.15, 0.2) is 17.8 Å². The van der Waals surface area contributed by atoms with Gasteiger partial charge in [-0.05, 0) is 25.0 Å². The Morgan fingerprint density at radius 2 is 1.79 bits per heavy atom. The Balaban J connectivity index is 0.000000426. The number of hydrogen-bond acceptors (Lipinski definition) is 8. The molecule has 0 bridgehead atoms. The van der Waals surface area contributed by atoms with Gasteiger partial charge in [0.05, 0.1) is 18.0 Å². The number of amides is 3. The van der Waals surface area contributed by atoms with Crippen LogP contribution in [0.1, 0.15) is 29.8 Å². The SMILES string of the molecule is O=C(O)C(F)(F)F.O=C1CC(N2CCC(NC(=O)c3ncoc3-c3ccc4ccccc4n3)CC2)C(=O)N1. The topological polar surface area (TPSA) is 155 Å². The molecule has 3 amide bonds. The van der Waals surface area contributed by atoms with Crippen molar-refractivity contribution in [3.8, 4) is 11.5 Å². The summed E-state index contributed by atoms with van der Waals surface area (Å²) in [7, 11) is 0. The largest absolute Gasteiger partial charge is 0.490 e. The summed E-state index contributed by atoms with van der Waals surface area (Å²) in [5.41, 5.74) is 1.56. The lowest BCUT2D eigenvalue weighted by Gasteiger charge is -2.34. The van der Waals surface area contributed by atoms with Crippen LogP contribution >= 0.6 is 0 Å². The van der Waals surface area contributed by atoms with Crippen molar-refractivity contribution in [3.63, 3.8) is 0 Å². The predicted octanol–water partition coefficient (Wildman–Crippen LogP) is 2.13. The minimum Gasteiger partial charge on any atom is -0.475 e. The quantitative estimate of drug-likeness (QED) is 0.428. The Bertz CT molecular complexity index is 1370. The Kier molecular flexibility index (Phi) is 7.71. The Morgan fingerprint density at radius 1 is 1.11 bits per heavy atom. The molecule has 2 saturated heterocycles. The summed E-state index contributed by atoms with van der Waals surface area (Å²) in [6.07, 6.45) is -2.26. The minimum absolute atomic E-state index is 0.0435. The van der Waals surface area contributed by atoms with E-state index in [0.29, 0.717) is 37.4 Å². The number of nitrogens with zero attached hydrogens (tertiary/aromatic N) is 3. The van der Waals surface area contributed by atoms with Gasteiger partial charge in [0.25, 0.3) is 5.91 Å².